The minimum atomic E-state index is -0.125. The van der Waals surface area contributed by atoms with Gasteiger partial charge in [0.25, 0.3) is 5.56 Å². The number of aromatic nitrogens is 3. The average Bonchev–Trinajstić information content (AvgIpc) is 2.72. The molecule has 30 heavy (non-hydrogen) atoms. The first kappa shape index (κ1) is 19.4. The molecule has 0 spiro atoms. The molecule has 7 heteroatoms. The Morgan fingerprint density at radius 1 is 1.07 bits per heavy atom. The highest BCUT2D eigenvalue weighted by atomic mass is 35.5. The Bertz CT molecular complexity index is 1150. The predicted molar refractivity (Wildman–Crippen MR) is 122 cm³/mol. The summed E-state index contributed by atoms with van der Waals surface area (Å²) >= 11 is 6.42. The van der Waals surface area contributed by atoms with E-state index >= 15 is 0 Å². The van der Waals surface area contributed by atoms with Gasteiger partial charge in [0.05, 0.1) is 16.6 Å². The molecule has 3 aromatic rings. The molecule has 156 valence electrons. The Morgan fingerprint density at radius 2 is 1.83 bits per heavy atom. The molecule has 0 atom stereocenters. The summed E-state index contributed by atoms with van der Waals surface area (Å²) in [7, 11) is 0. The molecular weight excluding hydrogens is 398 g/mol. The smallest absolute Gasteiger partial charge is 0.262 e. The minimum Gasteiger partial charge on any atom is -0.397 e. The highest BCUT2D eigenvalue weighted by Crippen LogP contribution is 2.38. The Labute approximate surface area is 180 Å². The van der Waals surface area contributed by atoms with Gasteiger partial charge in [0, 0.05) is 28.9 Å². The van der Waals surface area contributed by atoms with Crippen LogP contribution in [-0.4, -0.2) is 20.6 Å². The molecule has 0 radical (unpaired) electrons. The summed E-state index contributed by atoms with van der Waals surface area (Å²) in [6.07, 6.45) is 10.8. The molecule has 3 N–H and O–H groups in total. The molecule has 5 rings (SSSR count). The third-order valence-corrected chi connectivity index (χ3v) is 6.84. The van der Waals surface area contributed by atoms with Crippen LogP contribution < -0.4 is 16.6 Å². The second-order valence-corrected chi connectivity index (χ2v) is 8.85. The van der Waals surface area contributed by atoms with Gasteiger partial charge in [-0.15, -0.1) is 0 Å². The van der Waals surface area contributed by atoms with Crippen LogP contribution in [0.2, 0.25) is 5.02 Å². The standard InChI is InChI=1S/C23H26ClN5O/c24-18-12-5-4-11-16(18)19-20(25)17-13-26-23(27-14-7-2-1-3-8-14)28-21(17)29(22(19)30)15-9-6-10-15/h4-5,11-15H,1-3,6-10,25H2,(H,26,27,28). The first-order chi connectivity index (χ1) is 14.6. The number of nitrogens with one attached hydrogen (secondary N) is 1. The molecule has 0 unspecified atom stereocenters. The number of hydrogen-bond acceptors (Lipinski definition) is 5. The van der Waals surface area contributed by atoms with E-state index in [0.717, 1.165) is 32.1 Å². The number of halogens is 1. The molecule has 2 saturated carbocycles. The van der Waals surface area contributed by atoms with Crippen molar-refractivity contribution in [1.29, 1.82) is 0 Å². The van der Waals surface area contributed by atoms with Crippen LogP contribution in [0.1, 0.15) is 57.4 Å². The van der Waals surface area contributed by atoms with E-state index in [-0.39, 0.29) is 11.6 Å². The maximum Gasteiger partial charge on any atom is 0.262 e. The summed E-state index contributed by atoms with van der Waals surface area (Å²) in [5.74, 6) is 0.576. The van der Waals surface area contributed by atoms with E-state index < -0.39 is 0 Å². The van der Waals surface area contributed by atoms with E-state index in [4.69, 9.17) is 22.3 Å². The second kappa shape index (κ2) is 7.91. The van der Waals surface area contributed by atoms with E-state index in [1.54, 1.807) is 12.3 Å². The van der Waals surface area contributed by atoms with Gasteiger partial charge in [0.2, 0.25) is 5.95 Å². The van der Waals surface area contributed by atoms with Gasteiger partial charge < -0.3 is 11.1 Å². The van der Waals surface area contributed by atoms with Crippen LogP contribution in [0.25, 0.3) is 22.2 Å². The summed E-state index contributed by atoms with van der Waals surface area (Å²) in [5, 5.41) is 4.68. The molecule has 2 aliphatic rings. The van der Waals surface area contributed by atoms with Crippen molar-refractivity contribution in [2.24, 2.45) is 0 Å². The van der Waals surface area contributed by atoms with Gasteiger partial charge in [-0.05, 0) is 38.2 Å². The summed E-state index contributed by atoms with van der Waals surface area (Å²) in [6.45, 7) is 0. The first-order valence-corrected chi connectivity index (χ1v) is 11.2. The van der Waals surface area contributed by atoms with E-state index in [1.807, 2.05) is 22.8 Å². The van der Waals surface area contributed by atoms with Crippen LogP contribution in [0.4, 0.5) is 11.6 Å². The highest BCUT2D eigenvalue weighted by Gasteiger charge is 2.27. The number of benzene rings is 1. The molecule has 0 saturated heterocycles. The lowest BCUT2D eigenvalue weighted by atomic mass is 9.92. The summed E-state index contributed by atoms with van der Waals surface area (Å²) in [5.41, 5.74) is 8.49. The fourth-order valence-electron chi connectivity index (χ4n) is 4.62. The Hall–Kier alpha value is -2.60. The van der Waals surface area contributed by atoms with Crippen molar-refractivity contribution in [3.8, 4) is 11.1 Å². The van der Waals surface area contributed by atoms with Crippen LogP contribution in [0.15, 0.2) is 35.3 Å². The number of hydrogen-bond donors (Lipinski definition) is 2. The van der Waals surface area contributed by atoms with Gasteiger partial charge in [-0.2, -0.15) is 4.98 Å². The lowest BCUT2D eigenvalue weighted by molar-refractivity contribution is 0.314. The van der Waals surface area contributed by atoms with Gasteiger partial charge in [0.15, 0.2) is 5.65 Å². The third-order valence-electron chi connectivity index (χ3n) is 6.51. The molecule has 0 aliphatic heterocycles. The second-order valence-electron chi connectivity index (χ2n) is 8.44. The SMILES string of the molecule is Nc1c(-c2ccccc2Cl)c(=O)n(C2CCC2)c2nc(NC3CCCCC3)ncc12. The fraction of sp³-hybridized carbons (Fsp3) is 0.435. The summed E-state index contributed by atoms with van der Waals surface area (Å²) in [6, 6.07) is 7.86. The summed E-state index contributed by atoms with van der Waals surface area (Å²) in [4.78, 5) is 23.0. The van der Waals surface area contributed by atoms with Gasteiger partial charge in [-0.3, -0.25) is 9.36 Å². The van der Waals surface area contributed by atoms with Crippen molar-refractivity contribution in [3.63, 3.8) is 0 Å². The number of nitrogen functional groups attached to an aromatic ring is 1. The third kappa shape index (κ3) is 3.33. The first-order valence-electron chi connectivity index (χ1n) is 10.9. The molecule has 0 bridgehead atoms. The van der Waals surface area contributed by atoms with E-state index in [1.165, 1.54) is 19.3 Å². The van der Waals surface area contributed by atoms with Crippen LogP contribution in [-0.2, 0) is 0 Å². The predicted octanol–water partition coefficient (Wildman–Crippen LogP) is 5.16. The Balaban J connectivity index is 1.68. The number of nitrogens with zero attached hydrogens (tertiary/aromatic N) is 3. The number of pyridine rings is 1. The van der Waals surface area contributed by atoms with Gasteiger partial charge >= 0.3 is 0 Å². The molecule has 1 aromatic carbocycles. The van der Waals surface area contributed by atoms with Crippen LogP contribution in [0.5, 0.6) is 0 Å². The number of anilines is 2. The molecule has 2 aliphatic carbocycles. The van der Waals surface area contributed by atoms with Crippen molar-refractivity contribution in [2.75, 3.05) is 11.1 Å². The van der Waals surface area contributed by atoms with E-state index in [9.17, 15) is 4.79 Å². The van der Waals surface area contributed by atoms with Gasteiger partial charge in [-0.25, -0.2) is 4.98 Å². The zero-order valence-electron chi connectivity index (χ0n) is 16.9. The van der Waals surface area contributed by atoms with Crippen molar-refractivity contribution in [3.05, 3.63) is 45.8 Å². The van der Waals surface area contributed by atoms with Crippen LogP contribution >= 0.6 is 11.6 Å². The van der Waals surface area contributed by atoms with Crippen LogP contribution in [0, 0.1) is 0 Å². The van der Waals surface area contributed by atoms with E-state index in [0.29, 0.717) is 44.9 Å². The zero-order chi connectivity index (χ0) is 20.7. The largest absolute Gasteiger partial charge is 0.397 e. The van der Waals surface area contributed by atoms with Crippen molar-refractivity contribution < 1.29 is 0 Å². The van der Waals surface area contributed by atoms with Crippen molar-refractivity contribution in [2.45, 2.75) is 63.5 Å². The number of nitrogens with two attached hydrogens (primary N) is 1. The highest BCUT2D eigenvalue weighted by molar-refractivity contribution is 6.33. The maximum atomic E-state index is 13.6. The Kier molecular flexibility index (Phi) is 5.11. The van der Waals surface area contributed by atoms with E-state index in [2.05, 4.69) is 10.3 Å². The monoisotopic (exact) mass is 423 g/mol. The number of fused-ring (bicyclic) bond motifs is 1. The zero-order valence-corrected chi connectivity index (χ0v) is 17.7. The topological polar surface area (TPSA) is 85.8 Å². The van der Waals surface area contributed by atoms with Crippen LogP contribution in [0.3, 0.4) is 0 Å². The lowest BCUT2D eigenvalue weighted by Gasteiger charge is -2.30. The quantitative estimate of drug-likeness (QED) is 0.605. The lowest BCUT2D eigenvalue weighted by Crippen LogP contribution is -2.32. The van der Waals surface area contributed by atoms with Crippen molar-refractivity contribution >= 4 is 34.3 Å². The fourth-order valence-corrected chi connectivity index (χ4v) is 4.85. The minimum absolute atomic E-state index is 0.125. The molecule has 2 heterocycles. The summed E-state index contributed by atoms with van der Waals surface area (Å²) < 4.78 is 1.82. The maximum absolute atomic E-state index is 13.6. The molecule has 2 fully saturated rings. The molecule has 0 amide bonds. The molecule has 6 nitrogen and oxygen atoms in total. The normalized spacial score (nSPS) is 17.8. The Morgan fingerprint density at radius 3 is 2.53 bits per heavy atom. The van der Waals surface area contributed by atoms with Gasteiger partial charge in [-0.1, -0.05) is 49.1 Å². The number of rotatable bonds is 4. The molecular formula is C23H26ClN5O. The van der Waals surface area contributed by atoms with Crippen molar-refractivity contribution in [1.82, 2.24) is 14.5 Å². The van der Waals surface area contributed by atoms with Gasteiger partial charge in [0.1, 0.15) is 0 Å². The average molecular weight is 424 g/mol. The molecule has 2 aromatic heterocycles.